The molecule has 2 rings (SSSR count). The van der Waals surface area contributed by atoms with Crippen LogP contribution in [0, 0.1) is 0 Å². The number of nitrogens with two attached hydrogens (primary N) is 1. The number of carbonyl (C=O) groups is 1. The molecule has 0 bridgehead atoms. The van der Waals surface area contributed by atoms with Crippen molar-refractivity contribution in [3.05, 3.63) is 36.0 Å². The van der Waals surface area contributed by atoms with Crippen LogP contribution >= 0.6 is 12.2 Å². The molecule has 98 valence electrons. The number of rotatable bonds is 3. The molecule has 0 fully saturated rings. The van der Waals surface area contributed by atoms with Crippen LogP contribution in [0.4, 0.5) is 5.69 Å². The molecule has 5 nitrogen and oxygen atoms in total. The molecule has 0 amide bonds. The molecule has 0 aliphatic heterocycles. The van der Waals surface area contributed by atoms with E-state index in [9.17, 15) is 4.79 Å². The third-order valence-corrected chi connectivity index (χ3v) is 2.58. The molecule has 1 aromatic heterocycles. The van der Waals surface area contributed by atoms with Crippen LogP contribution in [0.3, 0.4) is 0 Å². The number of thiocarbonyl (C=S) groups is 1. The van der Waals surface area contributed by atoms with Crippen molar-refractivity contribution in [2.45, 2.75) is 6.92 Å². The van der Waals surface area contributed by atoms with E-state index in [2.05, 4.69) is 10.3 Å². The minimum Gasteiger partial charge on any atom is -0.461 e. The molecule has 1 heterocycles. The van der Waals surface area contributed by atoms with Gasteiger partial charge in [-0.05, 0) is 43.4 Å². The number of benzene rings is 1. The van der Waals surface area contributed by atoms with Gasteiger partial charge in [0, 0.05) is 11.1 Å². The quantitative estimate of drug-likeness (QED) is 0.659. The number of ether oxygens (including phenoxy) is 1. The first kappa shape index (κ1) is 13.2. The van der Waals surface area contributed by atoms with Crippen molar-refractivity contribution in [3.63, 3.8) is 0 Å². The van der Waals surface area contributed by atoms with Gasteiger partial charge in [-0.15, -0.1) is 0 Å². The third-order valence-electron chi connectivity index (χ3n) is 2.47. The molecular formula is C13H13N3O2S. The van der Waals surface area contributed by atoms with E-state index in [0.717, 1.165) is 11.1 Å². The van der Waals surface area contributed by atoms with Gasteiger partial charge in [0.15, 0.2) is 5.11 Å². The monoisotopic (exact) mass is 275 g/mol. The Morgan fingerprint density at radius 3 is 2.89 bits per heavy atom. The molecule has 0 radical (unpaired) electrons. The molecule has 0 atom stereocenters. The van der Waals surface area contributed by atoms with Crippen molar-refractivity contribution in [1.29, 1.82) is 0 Å². The van der Waals surface area contributed by atoms with E-state index < -0.39 is 5.97 Å². The summed E-state index contributed by atoms with van der Waals surface area (Å²) < 4.78 is 4.91. The van der Waals surface area contributed by atoms with Gasteiger partial charge in [-0.25, -0.2) is 9.78 Å². The SMILES string of the molecule is CCOC(=O)c1ccc2c(NC(N)=S)cccc2n1. The van der Waals surface area contributed by atoms with E-state index in [1.54, 1.807) is 19.1 Å². The van der Waals surface area contributed by atoms with E-state index in [4.69, 9.17) is 22.7 Å². The van der Waals surface area contributed by atoms with Crippen LogP contribution in [0.1, 0.15) is 17.4 Å². The number of carbonyl (C=O) groups excluding carboxylic acids is 1. The Bertz CT molecular complexity index is 643. The first-order valence-electron chi connectivity index (χ1n) is 5.75. The summed E-state index contributed by atoms with van der Waals surface area (Å²) in [5.41, 5.74) is 7.17. The van der Waals surface area contributed by atoms with Gasteiger partial charge in [0.25, 0.3) is 0 Å². The second kappa shape index (κ2) is 5.62. The number of hydrogen-bond acceptors (Lipinski definition) is 4. The van der Waals surface area contributed by atoms with E-state index in [1.807, 2.05) is 18.2 Å². The molecule has 0 aliphatic carbocycles. The van der Waals surface area contributed by atoms with Gasteiger partial charge < -0.3 is 15.8 Å². The number of nitrogens with one attached hydrogen (secondary N) is 1. The summed E-state index contributed by atoms with van der Waals surface area (Å²) in [5.74, 6) is -0.433. The molecule has 0 unspecified atom stereocenters. The maximum absolute atomic E-state index is 11.6. The summed E-state index contributed by atoms with van der Waals surface area (Å²) in [5, 5.41) is 3.89. The molecule has 19 heavy (non-hydrogen) atoms. The van der Waals surface area contributed by atoms with Crippen molar-refractivity contribution >= 4 is 39.9 Å². The lowest BCUT2D eigenvalue weighted by atomic mass is 10.1. The van der Waals surface area contributed by atoms with Crippen LogP contribution in [0.2, 0.25) is 0 Å². The molecular weight excluding hydrogens is 262 g/mol. The van der Waals surface area contributed by atoms with E-state index >= 15 is 0 Å². The Kier molecular flexibility index (Phi) is 3.91. The second-order valence-electron chi connectivity index (χ2n) is 3.78. The summed E-state index contributed by atoms with van der Waals surface area (Å²) >= 11 is 4.81. The summed E-state index contributed by atoms with van der Waals surface area (Å²) in [6.45, 7) is 2.07. The maximum Gasteiger partial charge on any atom is 0.356 e. The van der Waals surface area contributed by atoms with Crippen molar-refractivity contribution in [2.75, 3.05) is 11.9 Å². The fourth-order valence-corrected chi connectivity index (χ4v) is 1.83. The lowest BCUT2D eigenvalue weighted by Crippen LogP contribution is -2.19. The van der Waals surface area contributed by atoms with E-state index in [1.165, 1.54) is 0 Å². The van der Waals surface area contributed by atoms with E-state index in [0.29, 0.717) is 12.1 Å². The van der Waals surface area contributed by atoms with Gasteiger partial charge in [0.05, 0.1) is 12.1 Å². The molecule has 0 aliphatic rings. The topological polar surface area (TPSA) is 77.2 Å². The number of aromatic nitrogens is 1. The summed E-state index contributed by atoms with van der Waals surface area (Å²) in [7, 11) is 0. The second-order valence-corrected chi connectivity index (χ2v) is 4.22. The predicted octanol–water partition coefficient (Wildman–Crippen LogP) is 2.07. The lowest BCUT2D eigenvalue weighted by Gasteiger charge is -2.08. The maximum atomic E-state index is 11.6. The fourth-order valence-electron chi connectivity index (χ4n) is 1.72. The van der Waals surface area contributed by atoms with Gasteiger partial charge in [-0.2, -0.15) is 0 Å². The molecule has 0 saturated heterocycles. The highest BCUT2D eigenvalue weighted by Crippen LogP contribution is 2.22. The summed E-state index contributed by atoms with van der Waals surface area (Å²) in [4.78, 5) is 15.9. The number of nitrogens with zero attached hydrogens (tertiary/aromatic N) is 1. The Balaban J connectivity index is 2.44. The molecule has 3 N–H and O–H groups in total. The standard InChI is InChI=1S/C13H13N3O2S/c1-2-18-12(17)11-7-6-8-9(15-11)4-3-5-10(8)16-13(14)19/h3-7H,2H2,1H3,(H3,14,16,19). The normalized spacial score (nSPS) is 10.2. The van der Waals surface area contributed by atoms with Gasteiger partial charge in [0.2, 0.25) is 0 Å². The Hall–Kier alpha value is -2.21. The molecule has 0 saturated carbocycles. The number of fused-ring (bicyclic) bond motifs is 1. The van der Waals surface area contributed by atoms with Gasteiger partial charge in [0.1, 0.15) is 5.69 Å². The number of esters is 1. The molecule has 2 aromatic rings. The van der Waals surface area contributed by atoms with Crippen LogP contribution in [-0.4, -0.2) is 22.7 Å². The largest absolute Gasteiger partial charge is 0.461 e. The minimum absolute atomic E-state index is 0.182. The minimum atomic E-state index is -0.433. The van der Waals surface area contributed by atoms with Gasteiger partial charge in [-0.1, -0.05) is 6.07 Å². The lowest BCUT2D eigenvalue weighted by molar-refractivity contribution is 0.0520. The Morgan fingerprint density at radius 1 is 1.42 bits per heavy atom. The van der Waals surface area contributed by atoms with Crippen molar-refractivity contribution < 1.29 is 9.53 Å². The van der Waals surface area contributed by atoms with Crippen LogP contribution < -0.4 is 11.1 Å². The van der Waals surface area contributed by atoms with Gasteiger partial charge in [-0.3, -0.25) is 0 Å². The molecule has 0 spiro atoms. The highest BCUT2D eigenvalue weighted by Gasteiger charge is 2.10. The van der Waals surface area contributed by atoms with E-state index in [-0.39, 0.29) is 10.8 Å². The molecule has 6 heteroatoms. The van der Waals surface area contributed by atoms with Gasteiger partial charge >= 0.3 is 5.97 Å². The van der Waals surface area contributed by atoms with Crippen molar-refractivity contribution in [2.24, 2.45) is 5.73 Å². The smallest absolute Gasteiger partial charge is 0.356 e. The fraction of sp³-hybridized carbons (Fsp3) is 0.154. The summed E-state index contributed by atoms with van der Waals surface area (Å²) in [6.07, 6.45) is 0. The third kappa shape index (κ3) is 2.97. The van der Waals surface area contributed by atoms with Crippen molar-refractivity contribution in [1.82, 2.24) is 4.98 Å². The zero-order valence-corrected chi connectivity index (χ0v) is 11.2. The number of anilines is 1. The van der Waals surface area contributed by atoms with Crippen molar-refractivity contribution in [3.8, 4) is 0 Å². The van der Waals surface area contributed by atoms with Crippen LogP contribution in [-0.2, 0) is 4.74 Å². The average Bonchev–Trinajstić information content (AvgIpc) is 2.38. The molecule has 1 aromatic carbocycles. The van der Waals surface area contributed by atoms with Crippen LogP contribution in [0.5, 0.6) is 0 Å². The first-order valence-corrected chi connectivity index (χ1v) is 6.16. The van der Waals surface area contributed by atoms with Crippen LogP contribution in [0.15, 0.2) is 30.3 Å². The predicted molar refractivity (Wildman–Crippen MR) is 78.1 cm³/mol. The summed E-state index contributed by atoms with van der Waals surface area (Å²) in [6, 6.07) is 8.86. The zero-order chi connectivity index (χ0) is 13.8. The highest BCUT2D eigenvalue weighted by molar-refractivity contribution is 7.80. The van der Waals surface area contributed by atoms with Crippen LogP contribution in [0.25, 0.3) is 10.9 Å². The number of hydrogen-bond donors (Lipinski definition) is 2. The Labute approximate surface area is 115 Å². The highest BCUT2D eigenvalue weighted by atomic mass is 32.1. The Morgan fingerprint density at radius 2 is 2.21 bits per heavy atom. The number of pyridine rings is 1. The first-order chi connectivity index (χ1) is 9.11. The average molecular weight is 275 g/mol. The zero-order valence-electron chi connectivity index (χ0n) is 10.3.